The van der Waals surface area contributed by atoms with Crippen molar-refractivity contribution in [2.75, 3.05) is 32.8 Å². The average molecular weight is 645 g/mol. The van der Waals surface area contributed by atoms with E-state index in [1.165, 1.54) is 36.1 Å². The van der Waals surface area contributed by atoms with Crippen LogP contribution in [0.3, 0.4) is 0 Å². The van der Waals surface area contributed by atoms with Crippen molar-refractivity contribution >= 4 is 31.8 Å². The summed E-state index contributed by atoms with van der Waals surface area (Å²) in [6.07, 6.45) is 6.08. The Hall–Kier alpha value is -2.72. The summed E-state index contributed by atoms with van der Waals surface area (Å²) in [4.78, 5) is 14.6. The van der Waals surface area contributed by atoms with Gasteiger partial charge in [0, 0.05) is 13.0 Å². The molecule has 0 amide bonds. The van der Waals surface area contributed by atoms with Gasteiger partial charge in [-0.3, -0.25) is 9.35 Å². The zero-order valence-electron chi connectivity index (χ0n) is 23.4. The van der Waals surface area contributed by atoms with Crippen molar-refractivity contribution in [2.45, 2.75) is 50.3 Å². The minimum atomic E-state index is -4.00. The summed E-state index contributed by atoms with van der Waals surface area (Å²) < 4.78 is 41.7. The molecule has 3 aromatic carbocycles. The first-order valence-electron chi connectivity index (χ1n) is 14.2. The van der Waals surface area contributed by atoms with Gasteiger partial charge in [0.15, 0.2) is 5.78 Å². The van der Waals surface area contributed by atoms with Crippen LogP contribution in [0.5, 0.6) is 11.5 Å². The van der Waals surface area contributed by atoms with Crippen LogP contribution in [-0.2, 0) is 23.0 Å². The quantitative estimate of drug-likeness (QED) is 0.261. The van der Waals surface area contributed by atoms with E-state index in [4.69, 9.17) is 14.0 Å². The summed E-state index contributed by atoms with van der Waals surface area (Å²) >= 11 is 3.60. The number of carbonyl (C=O) groups excluding carboxylic acids is 1. The molecular weight excluding hydrogens is 606 g/mol. The van der Waals surface area contributed by atoms with E-state index in [1.54, 1.807) is 18.2 Å². The number of likely N-dealkylation sites (tertiary alicyclic amines) is 1. The standard InChI is InChI=1S/C26H32BrNO3.C6H6O3S/c1-2-14-30-26-18-21(3-5-23(26)27)16-20-8-12-28(13-9-20)11-7-19-4-6-25-22(17-19)24(29)10-15-31-25;7-10(8,9)6-4-2-1-3-5-6/h3-6,17-18,20H,2,7-16H2,1H3;1-5H,(H,7,8,9). The second-order valence-corrected chi connectivity index (χ2v) is 12.8. The van der Waals surface area contributed by atoms with E-state index in [0.29, 0.717) is 13.0 Å². The minimum absolute atomic E-state index is 0.0741. The van der Waals surface area contributed by atoms with E-state index in [2.05, 4.69) is 52.0 Å². The van der Waals surface area contributed by atoms with Gasteiger partial charge in [-0.25, -0.2) is 0 Å². The molecule has 2 heterocycles. The zero-order valence-corrected chi connectivity index (χ0v) is 25.8. The zero-order chi connectivity index (χ0) is 29.2. The normalized spacial score (nSPS) is 15.8. The summed E-state index contributed by atoms with van der Waals surface area (Å²) in [6, 6.07) is 20.1. The molecule has 0 unspecified atom stereocenters. The number of benzene rings is 3. The molecular formula is C32H38BrNO6S. The first-order chi connectivity index (χ1) is 19.7. The maximum atomic E-state index is 12.1. The molecule has 0 aliphatic carbocycles. The molecule has 0 saturated carbocycles. The predicted molar refractivity (Wildman–Crippen MR) is 164 cm³/mol. The van der Waals surface area contributed by atoms with Gasteiger partial charge in [-0.1, -0.05) is 37.3 Å². The molecule has 0 aromatic heterocycles. The number of rotatable bonds is 9. The number of ketones is 1. The minimum Gasteiger partial charge on any atom is -0.492 e. The molecule has 3 aromatic rings. The van der Waals surface area contributed by atoms with E-state index < -0.39 is 10.1 Å². The van der Waals surface area contributed by atoms with E-state index in [-0.39, 0.29) is 10.7 Å². The van der Waals surface area contributed by atoms with Crippen LogP contribution in [0.1, 0.15) is 54.1 Å². The Bertz CT molecular complexity index is 1400. The second-order valence-electron chi connectivity index (χ2n) is 10.5. The van der Waals surface area contributed by atoms with Gasteiger partial charge >= 0.3 is 0 Å². The molecule has 2 aliphatic heterocycles. The van der Waals surface area contributed by atoms with Gasteiger partial charge in [0.1, 0.15) is 11.5 Å². The van der Waals surface area contributed by atoms with E-state index in [1.807, 2.05) is 12.1 Å². The van der Waals surface area contributed by atoms with Crippen LogP contribution in [0.15, 0.2) is 76.1 Å². The Labute approximate surface area is 251 Å². The monoisotopic (exact) mass is 643 g/mol. The van der Waals surface area contributed by atoms with Crippen molar-refractivity contribution in [1.82, 2.24) is 4.90 Å². The number of ether oxygens (including phenoxy) is 2. The van der Waals surface area contributed by atoms with Gasteiger partial charge in [-0.15, -0.1) is 0 Å². The lowest BCUT2D eigenvalue weighted by Crippen LogP contribution is -2.35. The molecule has 0 atom stereocenters. The summed E-state index contributed by atoms with van der Waals surface area (Å²) in [5.41, 5.74) is 3.36. The molecule has 41 heavy (non-hydrogen) atoms. The largest absolute Gasteiger partial charge is 0.492 e. The van der Waals surface area contributed by atoms with Crippen molar-refractivity contribution in [3.05, 3.63) is 87.9 Å². The van der Waals surface area contributed by atoms with Crippen LogP contribution < -0.4 is 9.47 Å². The molecule has 0 radical (unpaired) electrons. The second kappa shape index (κ2) is 15.0. The summed E-state index contributed by atoms with van der Waals surface area (Å²) in [6.45, 7) is 6.74. The van der Waals surface area contributed by atoms with E-state index in [9.17, 15) is 13.2 Å². The van der Waals surface area contributed by atoms with Gasteiger partial charge in [0.2, 0.25) is 0 Å². The molecule has 1 N–H and O–H groups in total. The fourth-order valence-corrected chi connectivity index (χ4v) is 5.95. The third kappa shape index (κ3) is 9.39. The molecule has 0 bridgehead atoms. The Kier molecular flexibility index (Phi) is 11.4. The van der Waals surface area contributed by atoms with Crippen molar-refractivity contribution in [1.29, 1.82) is 0 Å². The van der Waals surface area contributed by atoms with Crippen LogP contribution in [0.25, 0.3) is 0 Å². The van der Waals surface area contributed by atoms with Crippen LogP contribution in [0.2, 0.25) is 0 Å². The van der Waals surface area contributed by atoms with Gasteiger partial charge in [0.05, 0.1) is 28.1 Å². The van der Waals surface area contributed by atoms with Crippen molar-refractivity contribution in [3.63, 3.8) is 0 Å². The fourth-order valence-electron chi connectivity index (χ4n) is 5.09. The van der Waals surface area contributed by atoms with E-state index >= 15 is 0 Å². The number of carbonyl (C=O) groups is 1. The van der Waals surface area contributed by atoms with Crippen LogP contribution in [0.4, 0.5) is 0 Å². The number of piperidine rings is 1. The maximum Gasteiger partial charge on any atom is 0.294 e. The Morgan fingerprint density at radius 3 is 2.44 bits per heavy atom. The smallest absolute Gasteiger partial charge is 0.294 e. The van der Waals surface area contributed by atoms with Gasteiger partial charge in [0.25, 0.3) is 10.1 Å². The predicted octanol–water partition coefficient (Wildman–Crippen LogP) is 6.63. The molecule has 5 rings (SSSR count). The van der Waals surface area contributed by atoms with Crippen molar-refractivity contribution in [3.8, 4) is 11.5 Å². The molecule has 1 saturated heterocycles. The van der Waals surface area contributed by atoms with Crippen LogP contribution in [0, 0.1) is 5.92 Å². The molecule has 2 aliphatic rings. The lowest BCUT2D eigenvalue weighted by atomic mass is 9.90. The molecule has 7 nitrogen and oxygen atoms in total. The van der Waals surface area contributed by atoms with Crippen molar-refractivity contribution in [2.24, 2.45) is 5.92 Å². The number of hydrogen-bond acceptors (Lipinski definition) is 6. The Morgan fingerprint density at radius 2 is 1.76 bits per heavy atom. The average Bonchev–Trinajstić information content (AvgIpc) is 2.98. The number of nitrogens with zero attached hydrogens (tertiary/aromatic N) is 1. The maximum absolute atomic E-state index is 12.1. The number of hydrogen-bond donors (Lipinski definition) is 1. The molecule has 9 heteroatoms. The van der Waals surface area contributed by atoms with Crippen LogP contribution in [-0.4, -0.2) is 56.5 Å². The highest BCUT2D eigenvalue weighted by Crippen LogP contribution is 2.30. The first kappa shape index (κ1) is 31.2. The molecule has 220 valence electrons. The van der Waals surface area contributed by atoms with Gasteiger partial charge in [-0.05, 0) is 115 Å². The van der Waals surface area contributed by atoms with Crippen LogP contribution >= 0.6 is 15.9 Å². The highest BCUT2D eigenvalue weighted by atomic mass is 79.9. The summed E-state index contributed by atoms with van der Waals surface area (Å²) in [7, 11) is -4.00. The highest BCUT2D eigenvalue weighted by Gasteiger charge is 2.21. The lowest BCUT2D eigenvalue weighted by molar-refractivity contribution is 0.0933. The topological polar surface area (TPSA) is 93.1 Å². The number of halogens is 1. The number of Topliss-reactive ketones (excluding diaryl/α,β-unsaturated/α-hetero) is 1. The third-order valence-corrected chi connectivity index (χ3v) is 8.90. The summed E-state index contributed by atoms with van der Waals surface area (Å²) in [5, 5.41) is 0. The fraction of sp³-hybridized carbons (Fsp3) is 0.406. The van der Waals surface area contributed by atoms with Crippen molar-refractivity contribution < 1.29 is 27.2 Å². The Morgan fingerprint density at radius 1 is 1.02 bits per heavy atom. The number of fused-ring (bicyclic) bond motifs is 1. The van der Waals surface area contributed by atoms with Gasteiger partial charge in [-0.2, -0.15) is 8.42 Å². The lowest BCUT2D eigenvalue weighted by Gasteiger charge is -2.32. The SMILES string of the molecule is CCCOc1cc(CC2CCN(CCc3ccc4c(c3)C(=O)CCO4)CC2)ccc1Br.O=S(=O)(O)c1ccccc1. The molecule has 0 spiro atoms. The Balaban J connectivity index is 0.000000328. The van der Waals surface area contributed by atoms with E-state index in [0.717, 1.165) is 73.0 Å². The summed E-state index contributed by atoms with van der Waals surface area (Å²) in [5.74, 6) is 2.65. The highest BCUT2D eigenvalue weighted by molar-refractivity contribution is 9.10. The van der Waals surface area contributed by atoms with Gasteiger partial charge < -0.3 is 14.4 Å². The first-order valence-corrected chi connectivity index (χ1v) is 16.4. The third-order valence-electron chi connectivity index (χ3n) is 7.38. The molecule has 1 fully saturated rings.